The molecule has 3 heteroatoms. The van der Waals surface area contributed by atoms with Crippen molar-refractivity contribution in [3.05, 3.63) is 12.2 Å². The van der Waals surface area contributed by atoms with Gasteiger partial charge in [0.05, 0.1) is 0 Å². The van der Waals surface area contributed by atoms with Crippen LogP contribution in [-0.4, -0.2) is 30.2 Å². The fourth-order valence-corrected chi connectivity index (χ4v) is 0.984. The van der Waals surface area contributed by atoms with Crippen LogP contribution in [0.1, 0.15) is 40.5 Å². The maximum Gasteiger partial charge on any atom is 0.410 e. The lowest BCUT2D eigenvalue weighted by molar-refractivity contribution is 0.0301. The molecule has 0 aliphatic rings. The molecule has 0 aliphatic heterocycles. The van der Waals surface area contributed by atoms with Crippen LogP contribution in [-0.2, 0) is 4.74 Å². The van der Waals surface area contributed by atoms with Gasteiger partial charge in [0, 0.05) is 13.6 Å². The summed E-state index contributed by atoms with van der Waals surface area (Å²) in [6.45, 7) is 8.40. The summed E-state index contributed by atoms with van der Waals surface area (Å²) in [6, 6.07) is 0. The molecule has 0 aromatic heterocycles. The van der Waals surface area contributed by atoms with Gasteiger partial charge in [-0.15, -0.1) is 0 Å². The molecule has 0 unspecified atom stereocenters. The van der Waals surface area contributed by atoms with Crippen molar-refractivity contribution in [3.63, 3.8) is 0 Å². The zero-order valence-corrected chi connectivity index (χ0v) is 10.5. The molecule has 0 atom stereocenters. The minimum Gasteiger partial charge on any atom is -0.444 e. The van der Waals surface area contributed by atoms with E-state index in [1.807, 2.05) is 20.8 Å². The lowest BCUT2D eigenvalue weighted by Gasteiger charge is -2.24. The van der Waals surface area contributed by atoms with Crippen LogP contribution in [0, 0.1) is 0 Å². The van der Waals surface area contributed by atoms with E-state index in [1.165, 1.54) is 0 Å². The van der Waals surface area contributed by atoms with Gasteiger partial charge in [0.25, 0.3) is 0 Å². The summed E-state index contributed by atoms with van der Waals surface area (Å²) in [5.41, 5.74) is -0.412. The molecular formula is C12H23NO2. The quantitative estimate of drug-likeness (QED) is 0.671. The van der Waals surface area contributed by atoms with Crippen molar-refractivity contribution in [2.75, 3.05) is 13.6 Å². The van der Waals surface area contributed by atoms with E-state index >= 15 is 0 Å². The van der Waals surface area contributed by atoms with E-state index in [1.54, 1.807) is 11.9 Å². The average Bonchev–Trinajstić information content (AvgIpc) is 2.09. The van der Waals surface area contributed by atoms with Gasteiger partial charge < -0.3 is 9.64 Å². The van der Waals surface area contributed by atoms with Crippen LogP contribution in [0.4, 0.5) is 4.79 Å². The van der Waals surface area contributed by atoms with Gasteiger partial charge in [-0.3, -0.25) is 0 Å². The SMILES string of the molecule is CC/C=C/CCN(C)C(=O)OC(C)(C)C. The van der Waals surface area contributed by atoms with E-state index < -0.39 is 5.60 Å². The van der Waals surface area contributed by atoms with E-state index in [4.69, 9.17) is 4.74 Å². The predicted molar refractivity (Wildman–Crippen MR) is 62.9 cm³/mol. The molecule has 0 spiro atoms. The third-order valence-corrected chi connectivity index (χ3v) is 1.74. The van der Waals surface area contributed by atoms with Crippen molar-refractivity contribution in [3.8, 4) is 0 Å². The van der Waals surface area contributed by atoms with Crippen molar-refractivity contribution < 1.29 is 9.53 Å². The summed E-state index contributed by atoms with van der Waals surface area (Å²) < 4.78 is 5.22. The fourth-order valence-electron chi connectivity index (χ4n) is 0.984. The highest BCUT2D eigenvalue weighted by atomic mass is 16.6. The van der Waals surface area contributed by atoms with Gasteiger partial charge in [-0.2, -0.15) is 0 Å². The highest BCUT2D eigenvalue weighted by Crippen LogP contribution is 2.09. The van der Waals surface area contributed by atoms with E-state index in [2.05, 4.69) is 19.1 Å². The highest BCUT2D eigenvalue weighted by Gasteiger charge is 2.18. The summed E-state index contributed by atoms with van der Waals surface area (Å²) in [5.74, 6) is 0. The van der Waals surface area contributed by atoms with Crippen LogP contribution in [0.3, 0.4) is 0 Å². The Morgan fingerprint density at radius 3 is 2.40 bits per heavy atom. The second kappa shape index (κ2) is 6.49. The largest absolute Gasteiger partial charge is 0.444 e. The monoisotopic (exact) mass is 213 g/mol. The Kier molecular flexibility index (Phi) is 6.06. The number of carbonyl (C=O) groups excluding carboxylic acids is 1. The summed E-state index contributed by atoms with van der Waals surface area (Å²) in [4.78, 5) is 13.1. The van der Waals surface area contributed by atoms with Crippen molar-refractivity contribution in [2.24, 2.45) is 0 Å². The molecule has 0 fully saturated rings. The Hall–Kier alpha value is -0.990. The number of amides is 1. The normalized spacial score (nSPS) is 11.8. The smallest absolute Gasteiger partial charge is 0.410 e. The van der Waals surface area contributed by atoms with Crippen LogP contribution in [0.5, 0.6) is 0 Å². The molecule has 15 heavy (non-hydrogen) atoms. The van der Waals surface area contributed by atoms with Crippen LogP contribution in [0.15, 0.2) is 12.2 Å². The molecule has 0 rings (SSSR count). The summed E-state index contributed by atoms with van der Waals surface area (Å²) >= 11 is 0. The zero-order valence-electron chi connectivity index (χ0n) is 10.5. The van der Waals surface area contributed by atoms with Crippen LogP contribution in [0.2, 0.25) is 0 Å². The first-order valence-electron chi connectivity index (χ1n) is 5.46. The first-order chi connectivity index (χ1) is 6.87. The molecule has 0 bridgehead atoms. The van der Waals surface area contributed by atoms with Gasteiger partial charge in [-0.25, -0.2) is 4.79 Å². The lowest BCUT2D eigenvalue weighted by Crippen LogP contribution is -2.34. The number of allylic oxidation sites excluding steroid dienone is 1. The molecule has 3 nitrogen and oxygen atoms in total. The number of nitrogens with zero attached hydrogens (tertiary/aromatic N) is 1. The summed E-state index contributed by atoms with van der Waals surface area (Å²) in [6.07, 6.45) is 5.84. The predicted octanol–water partition coefficient (Wildman–Crippen LogP) is 3.21. The Bertz CT molecular complexity index is 216. The van der Waals surface area contributed by atoms with Crippen molar-refractivity contribution in [1.82, 2.24) is 4.90 Å². The number of hydrogen-bond donors (Lipinski definition) is 0. The Morgan fingerprint density at radius 1 is 1.33 bits per heavy atom. The zero-order chi connectivity index (χ0) is 11.9. The molecular weight excluding hydrogens is 190 g/mol. The van der Waals surface area contributed by atoms with Gasteiger partial charge in [0.15, 0.2) is 0 Å². The van der Waals surface area contributed by atoms with E-state index in [9.17, 15) is 4.79 Å². The minimum atomic E-state index is -0.412. The third-order valence-electron chi connectivity index (χ3n) is 1.74. The molecule has 88 valence electrons. The van der Waals surface area contributed by atoms with Gasteiger partial charge in [-0.05, 0) is 33.6 Å². The maximum absolute atomic E-state index is 11.5. The molecule has 0 saturated heterocycles. The minimum absolute atomic E-state index is 0.257. The van der Waals surface area contributed by atoms with Crippen LogP contribution < -0.4 is 0 Å². The lowest BCUT2D eigenvalue weighted by atomic mass is 10.2. The first kappa shape index (κ1) is 14.0. The molecule has 0 aromatic carbocycles. The molecule has 0 saturated carbocycles. The summed E-state index contributed by atoms with van der Waals surface area (Å²) in [5, 5.41) is 0. The van der Waals surface area contributed by atoms with E-state index in [0.29, 0.717) is 6.54 Å². The van der Waals surface area contributed by atoms with Gasteiger partial charge in [0.2, 0.25) is 0 Å². The van der Waals surface area contributed by atoms with E-state index in [-0.39, 0.29) is 6.09 Å². The average molecular weight is 213 g/mol. The molecule has 0 heterocycles. The molecule has 0 N–H and O–H groups in total. The Morgan fingerprint density at radius 2 is 1.93 bits per heavy atom. The Balaban J connectivity index is 3.84. The molecule has 0 aromatic rings. The van der Waals surface area contributed by atoms with Crippen molar-refractivity contribution in [2.45, 2.75) is 46.1 Å². The van der Waals surface area contributed by atoms with Crippen molar-refractivity contribution in [1.29, 1.82) is 0 Å². The number of hydrogen-bond acceptors (Lipinski definition) is 2. The van der Waals surface area contributed by atoms with E-state index in [0.717, 1.165) is 12.8 Å². The van der Waals surface area contributed by atoms with Crippen molar-refractivity contribution >= 4 is 6.09 Å². The number of ether oxygens (including phenoxy) is 1. The number of rotatable bonds is 4. The topological polar surface area (TPSA) is 29.5 Å². The first-order valence-corrected chi connectivity index (χ1v) is 5.46. The van der Waals surface area contributed by atoms with Crippen LogP contribution in [0.25, 0.3) is 0 Å². The second-order valence-corrected chi connectivity index (χ2v) is 4.57. The highest BCUT2D eigenvalue weighted by molar-refractivity contribution is 5.67. The molecule has 0 radical (unpaired) electrons. The molecule has 0 aliphatic carbocycles. The second-order valence-electron chi connectivity index (χ2n) is 4.57. The fraction of sp³-hybridized carbons (Fsp3) is 0.750. The summed E-state index contributed by atoms with van der Waals surface area (Å²) in [7, 11) is 1.76. The molecule has 1 amide bonds. The number of carbonyl (C=O) groups is 1. The van der Waals surface area contributed by atoms with Gasteiger partial charge in [-0.1, -0.05) is 19.1 Å². The van der Waals surface area contributed by atoms with Gasteiger partial charge in [0.1, 0.15) is 5.60 Å². The Labute approximate surface area is 93.1 Å². The maximum atomic E-state index is 11.5. The standard InChI is InChI=1S/C12H23NO2/c1-6-7-8-9-10-13(5)11(14)15-12(2,3)4/h7-8H,6,9-10H2,1-5H3/b8-7+. The third kappa shape index (κ3) is 8.03. The van der Waals surface area contributed by atoms with Crippen LogP contribution >= 0.6 is 0 Å². The van der Waals surface area contributed by atoms with Gasteiger partial charge >= 0.3 is 6.09 Å².